The van der Waals surface area contributed by atoms with E-state index in [4.69, 9.17) is 16.2 Å². The SMILES string of the molecule is C[C@]12CCCCC1CC[C@H]1[C@@H]3CCC(C(=O)O)[C@@]3(C(OC(N)=O)c3ccc(N)cc3)CC[C@@H]12. The molecule has 4 aliphatic rings. The number of aliphatic carboxylic acids is 1. The van der Waals surface area contributed by atoms with Crippen molar-refractivity contribution in [2.45, 2.75) is 77.2 Å². The minimum absolute atomic E-state index is 0.221. The van der Waals surface area contributed by atoms with Crippen molar-refractivity contribution >= 4 is 17.7 Å². The molecule has 1 aromatic carbocycles. The van der Waals surface area contributed by atoms with E-state index in [0.29, 0.717) is 29.4 Å². The van der Waals surface area contributed by atoms with Gasteiger partial charge in [-0.1, -0.05) is 31.9 Å². The number of ether oxygens (including phenoxy) is 1. The Balaban J connectivity index is 1.59. The molecule has 1 amide bonds. The van der Waals surface area contributed by atoms with Gasteiger partial charge in [-0.2, -0.15) is 0 Å². The summed E-state index contributed by atoms with van der Waals surface area (Å²) in [6.07, 6.45) is 9.47. The largest absolute Gasteiger partial charge is 0.481 e. The molecule has 33 heavy (non-hydrogen) atoms. The summed E-state index contributed by atoms with van der Waals surface area (Å²) in [5.74, 6) is 0.813. The highest BCUT2D eigenvalue weighted by Crippen LogP contribution is 2.70. The fraction of sp³-hybridized carbons (Fsp3) is 0.704. The number of carbonyl (C=O) groups excluding carboxylic acids is 1. The van der Waals surface area contributed by atoms with Crippen molar-refractivity contribution in [3.8, 4) is 0 Å². The van der Waals surface area contributed by atoms with Gasteiger partial charge in [-0.3, -0.25) is 4.79 Å². The average molecular weight is 455 g/mol. The third-order valence-electron chi connectivity index (χ3n) is 10.4. The lowest BCUT2D eigenvalue weighted by Crippen LogP contribution is -2.56. The van der Waals surface area contributed by atoms with Gasteiger partial charge in [-0.25, -0.2) is 4.79 Å². The Kier molecular flexibility index (Phi) is 5.61. The lowest BCUT2D eigenvalue weighted by atomic mass is 9.43. The van der Waals surface area contributed by atoms with Crippen molar-refractivity contribution in [1.82, 2.24) is 0 Å². The lowest BCUT2D eigenvalue weighted by molar-refractivity contribution is -0.171. The number of amides is 1. The van der Waals surface area contributed by atoms with E-state index in [1.54, 1.807) is 12.1 Å². The summed E-state index contributed by atoms with van der Waals surface area (Å²) in [6, 6.07) is 7.33. The molecule has 0 heterocycles. The Morgan fingerprint density at radius 1 is 1.00 bits per heavy atom. The fourth-order valence-electron chi connectivity index (χ4n) is 9.16. The third kappa shape index (κ3) is 3.43. The van der Waals surface area contributed by atoms with Crippen LogP contribution in [0, 0.1) is 40.4 Å². The highest BCUT2D eigenvalue weighted by molar-refractivity contribution is 5.72. The van der Waals surface area contributed by atoms with Crippen molar-refractivity contribution in [2.24, 2.45) is 46.2 Å². The second kappa shape index (κ2) is 8.21. The first-order chi connectivity index (χ1) is 15.8. The van der Waals surface area contributed by atoms with Crippen LogP contribution in [0.25, 0.3) is 0 Å². The van der Waals surface area contributed by atoms with Gasteiger partial charge in [0, 0.05) is 11.1 Å². The van der Waals surface area contributed by atoms with Gasteiger partial charge in [0.25, 0.3) is 0 Å². The molecule has 1 aromatic rings. The Morgan fingerprint density at radius 2 is 1.76 bits per heavy atom. The molecular weight excluding hydrogens is 416 g/mol. The number of rotatable bonds is 4. The highest BCUT2D eigenvalue weighted by Gasteiger charge is 2.66. The number of anilines is 1. The topological polar surface area (TPSA) is 116 Å². The molecule has 5 rings (SSSR count). The molecule has 180 valence electrons. The number of fused-ring (bicyclic) bond motifs is 5. The number of hydrogen-bond donors (Lipinski definition) is 3. The van der Waals surface area contributed by atoms with Gasteiger partial charge in [0.2, 0.25) is 0 Å². The van der Waals surface area contributed by atoms with E-state index < -0.39 is 29.5 Å². The van der Waals surface area contributed by atoms with Gasteiger partial charge in [-0.05, 0) is 98.1 Å². The van der Waals surface area contributed by atoms with Crippen LogP contribution < -0.4 is 11.5 Å². The van der Waals surface area contributed by atoms with Gasteiger partial charge in [-0.15, -0.1) is 0 Å². The highest BCUT2D eigenvalue weighted by atomic mass is 16.6. The van der Waals surface area contributed by atoms with Crippen molar-refractivity contribution in [2.75, 3.05) is 5.73 Å². The molecule has 0 radical (unpaired) electrons. The summed E-state index contributed by atoms with van der Waals surface area (Å²) in [5, 5.41) is 10.3. The molecule has 0 bridgehead atoms. The predicted molar refractivity (Wildman–Crippen MR) is 126 cm³/mol. The average Bonchev–Trinajstić information content (AvgIpc) is 3.18. The van der Waals surface area contributed by atoms with Crippen molar-refractivity contribution in [3.05, 3.63) is 29.8 Å². The first kappa shape index (κ1) is 22.5. The van der Waals surface area contributed by atoms with Crippen LogP contribution in [0.4, 0.5) is 10.5 Å². The number of carboxylic acids is 1. The van der Waals surface area contributed by atoms with Crippen LogP contribution in [0.5, 0.6) is 0 Å². The molecule has 3 unspecified atom stereocenters. The van der Waals surface area contributed by atoms with E-state index in [-0.39, 0.29) is 5.92 Å². The van der Waals surface area contributed by atoms with Crippen molar-refractivity contribution in [1.29, 1.82) is 0 Å². The summed E-state index contributed by atoms with van der Waals surface area (Å²) < 4.78 is 5.85. The van der Waals surface area contributed by atoms with Gasteiger partial charge in [0.15, 0.2) is 0 Å². The van der Waals surface area contributed by atoms with Gasteiger partial charge in [0.1, 0.15) is 6.10 Å². The number of hydrogen-bond acceptors (Lipinski definition) is 4. The Morgan fingerprint density at radius 3 is 2.45 bits per heavy atom. The predicted octanol–water partition coefficient (Wildman–Crippen LogP) is 5.52. The Labute approximate surface area is 196 Å². The van der Waals surface area contributed by atoms with E-state index in [1.807, 2.05) is 12.1 Å². The number of primary amides is 1. The summed E-state index contributed by atoms with van der Waals surface area (Å²) in [5.41, 5.74) is 12.7. The van der Waals surface area contributed by atoms with Crippen LogP contribution in [0.15, 0.2) is 24.3 Å². The second-order valence-corrected chi connectivity index (χ2v) is 11.5. The molecular formula is C27H38N2O4. The molecule has 0 saturated heterocycles. The molecule has 4 saturated carbocycles. The zero-order valence-corrected chi connectivity index (χ0v) is 19.7. The number of nitrogens with two attached hydrogens (primary N) is 2. The first-order valence-corrected chi connectivity index (χ1v) is 12.8. The summed E-state index contributed by atoms with van der Waals surface area (Å²) in [6.45, 7) is 2.52. The van der Waals surface area contributed by atoms with Crippen LogP contribution in [0.1, 0.15) is 82.8 Å². The standard InChI is InChI=1S/C27H38N2O4/c1-26-14-3-2-4-17(26)7-10-19-20(26)13-15-27(21(19)11-12-22(27)24(30)31)23(33-25(29)32)16-5-8-18(28)9-6-16/h5-6,8-9,17,19-23H,2-4,7,10-15,28H2,1H3,(H2,29,32)(H,30,31)/t17?,19-,20+,21+,22?,23?,26+,27-/m1/s1. The summed E-state index contributed by atoms with van der Waals surface area (Å²) in [7, 11) is 0. The van der Waals surface area contributed by atoms with Crippen molar-refractivity contribution in [3.63, 3.8) is 0 Å². The maximum atomic E-state index is 12.6. The second-order valence-electron chi connectivity index (χ2n) is 11.5. The molecule has 0 spiro atoms. The van der Waals surface area contributed by atoms with Crippen LogP contribution in [-0.4, -0.2) is 17.2 Å². The molecule has 6 heteroatoms. The summed E-state index contributed by atoms with van der Waals surface area (Å²) >= 11 is 0. The Hall–Kier alpha value is -2.24. The monoisotopic (exact) mass is 454 g/mol. The van der Waals surface area contributed by atoms with Gasteiger partial charge >= 0.3 is 12.1 Å². The lowest BCUT2D eigenvalue weighted by Gasteiger charge is -2.61. The van der Waals surface area contributed by atoms with Crippen LogP contribution >= 0.6 is 0 Å². The van der Waals surface area contributed by atoms with E-state index in [2.05, 4.69) is 6.92 Å². The number of benzene rings is 1. The minimum atomic E-state index is -0.842. The van der Waals surface area contributed by atoms with E-state index in [0.717, 1.165) is 37.2 Å². The Bertz CT molecular complexity index is 917. The summed E-state index contributed by atoms with van der Waals surface area (Å²) in [4.78, 5) is 24.7. The number of carboxylic acid groups (broad SMARTS) is 1. The molecule has 0 aliphatic heterocycles. The zero-order chi connectivity index (χ0) is 23.4. The maximum absolute atomic E-state index is 12.6. The first-order valence-electron chi connectivity index (χ1n) is 12.8. The normalized spacial score (nSPS) is 40.7. The third-order valence-corrected chi connectivity index (χ3v) is 10.4. The van der Waals surface area contributed by atoms with Crippen LogP contribution in [0.2, 0.25) is 0 Å². The molecule has 4 fully saturated rings. The van der Waals surface area contributed by atoms with Crippen LogP contribution in [0.3, 0.4) is 0 Å². The van der Waals surface area contributed by atoms with E-state index in [1.165, 1.54) is 32.1 Å². The number of carbonyl (C=O) groups is 2. The molecule has 5 N–H and O–H groups in total. The fourth-order valence-corrected chi connectivity index (χ4v) is 9.16. The van der Waals surface area contributed by atoms with Gasteiger partial charge in [0.05, 0.1) is 5.92 Å². The van der Waals surface area contributed by atoms with Crippen molar-refractivity contribution < 1.29 is 19.4 Å². The maximum Gasteiger partial charge on any atom is 0.405 e. The van der Waals surface area contributed by atoms with Gasteiger partial charge < -0.3 is 21.3 Å². The molecule has 8 atom stereocenters. The van der Waals surface area contributed by atoms with E-state index >= 15 is 0 Å². The number of nitrogen functional groups attached to an aromatic ring is 1. The molecule has 6 nitrogen and oxygen atoms in total. The quantitative estimate of drug-likeness (QED) is 0.518. The van der Waals surface area contributed by atoms with Crippen LogP contribution in [-0.2, 0) is 9.53 Å². The van der Waals surface area contributed by atoms with E-state index in [9.17, 15) is 14.7 Å². The minimum Gasteiger partial charge on any atom is -0.481 e. The zero-order valence-electron chi connectivity index (χ0n) is 19.7. The molecule has 4 aliphatic carbocycles. The molecule has 0 aromatic heterocycles. The smallest absolute Gasteiger partial charge is 0.405 e.